The zero-order valence-corrected chi connectivity index (χ0v) is 11.0. The average molecular weight is 244 g/mol. The van der Waals surface area contributed by atoms with Gasteiger partial charge in [-0.1, -0.05) is 29.3 Å². The number of hydrogen-bond donors (Lipinski definition) is 2. The Morgan fingerprint density at radius 3 is 2.94 bits per heavy atom. The molecular formula is C15H20N2O. The molecule has 0 atom stereocenters. The first-order valence-electron chi connectivity index (χ1n) is 6.41. The number of carbonyl (C=O) groups is 1. The molecular weight excluding hydrogens is 224 g/mol. The summed E-state index contributed by atoms with van der Waals surface area (Å²) in [7, 11) is 0. The van der Waals surface area contributed by atoms with Crippen LogP contribution in [0.15, 0.2) is 29.8 Å². The number of benzene rings is 1. The van der Waals surface area contributed by atoms with E-state index in [1.165, 1.54) is 5.57 Å². The summed E-state index contributed by atoms with van der Waals surface area (Å²) in [5.74, 6) is 0.0237. The summed E-state index contributed by atoms with van der Waals surface area (Å²) in [4.78, 5) is 12.1. The predicted molar refractivity (Wildman–Crippen MR) is 73.8 cm³/mol. The highest BCUT2D eigenvalue weighted by Gasteiger charge is 2.10. The summed E-state index contributed by atoms with van der Waals surface area (Å²) in [6, 6.07) is 5.97. The number of hydrogen-bond acceptors (Lipinski definition) is 2. The molecule has 3 nitrogen and oxygen atoms in total. The number of amides is 1. The van der Waals surface area contributed by atoms with Crippen molar-refractivity contribution in [3.8, 4) is 0 Å². The molecule has 2 rings (SSSR count). The van der Waals surface area contributed by atoms with E-state index in [1.54, 1.807) is 0 Å². The highest BCUT2D eigenvalue weighted by Crippen LogP contribution is 2.11. The van der Waals surface area contributed by atoms with Crippen LogP contribution >= 0.6 is 0 Å². The second kappa shape index (κ2) is 5.83. The van der Waals surface area contributed by atoms with Crippen molar-refractivity contribution < 1.29 is 4.79 Å². The lowest BCUT2D eigenvalue weighted by Crippen LogP contribution is -2.30. The molecule has 0 spiro atoms. The Balaban J connectivity index is 1.99. The second-order valence-corrected chi connectivity index (χ2v) is 4.82. The molecule has 0 saturated heterocycles. The smallest absolute Gasteiger partial charge is 0.251 e. The molecule has 1 heterocycles. The van der Waals surface area contributed by atoms with Gasteiger partial charge in [0.15, 0.2) is 0 Å². The van der Waals surface area contributed by atoms with E-state index in [0.29, 0.717) is 6.54 Å². The minimum atomic E-state index is 0.0237. The summed E-state index contributed by atoms with van der Waals surface area (Å²) in [6.45, 7) is 6.55. The molecule has 0 bridgehead atoms. The zero-order chi connectivity index (χ0) is 13.0. The Labute approximate surface area is 108 Å². The van der Waals surface area contributed by atoms with E-state index in [2.05, 4.69) is 16.7 Å². The van der Waals surface area contributed by atoms with E-state index in [9.17, 15) is 4.79 Å². The summed E-state index contributed by atoms with van der Waals surface area (Å²) >= 11 is 0. The topological polar surface area (TPSA) is 41.1 Å². The normalized spacial score (nSPS) is 15.1. The molecule has 1 amide bonds. The number of carbonyl (C=O) groups excluding carboxylic acids is 1. The maximum atomic E-state index is 12.1. The van der Waals surface area contributed by atoms with E-state index in [0.717, 1.165) is 36.2 Å². The lowest BCUT2D eigenvalue weighted by Gasteiger charge is -2.15. The van der Waals surface area contributed by atoms with Crippen LogP contribution in [-0.2, 0) is 0 Å². The second-order valence-electron chi connectivity index (χ2n) is 4.82. The third kappa shape index (κ3) is 3.20. The molecule has 1 aliphatic rings. The van der Waals surface area contributed by atoms with Gasteiger partial charge in [0.05, 0.1) is 0 Å². The molecule has 1 aromatic carbocycles. The van der Waals surface area contributed by atoms with Gasteiger partial charge in [-0.3, -0.25) is 4.79 Å². The molecule has 1 aromatic rings. The Kier molecular flexibility index (Phi) is 4.15. The maximum Gasteiger partial charge on any atom is 0.251 e. The molecule has 0 aliphatic carbocycles. The zero-order valence-electron chi connectivity index (χ0n) is 11.0. The molecule has 0 radical (unpaired) electrons. The molecule has 0 fully saturated rings. The number of rotatable bonds is 3. The Morgan fingerprint density at radius 1 is 1.39 bits per heavy atom. The number of aryl methyl sites for hydroxylation is 2. The van der Waals surface area contributed by atoms with Crippen LogP contribution in [-0.4, -0.2) is 25.5 Å². The van der Waals surface area contributed by atoms with Crippen molar-refractivity contribution >= 4 is 5.91 Å². The quantitative estimate of drug-likeness (QED) is 0.798. The van der Waals surface area contributed by atoms with Crippen molar-refractivity contribution in [2.24, 2.45) is 0 Å². The van der Waals surface area contributed by atoms with Gasteiger partial charge in [-0.05, 0) is 38.4 Å². The lowest BCUT2D eigenvalue weighted by atomic mass is 10.0. The lowest BCUT2D eigenvalue weighted by molar-refractivity contribution is 0.0956. The van der Waals surface area contributed by atoms with Crippen LogP contribution in [0.1, 0.15) is 27.9 Å². The van der Waals surface area contributed by atoms with Gasteiger partial charge in [0.2, 0.25) is 0 Å². The summed E-state index contributed by atoms with van der Waals surface area (Å²) < 4.78 is 0. The third-order valence-electron chi connectivity index (χ3n) is 3.27. The molecule has 96 valence electrons. The molecule has 0 unspecified atom stereocenters. The van der Waals surface area contributed by atoms with Gasteiger partial charge in [-0.25, -0.2) is 0 Å². The minimum absolute atomic E-state index is 0.0237. The third-order valence-corrected chi connectivity index (χ3v) is 3.27. The highest BCUT2D eigenvalue weighted by molar-refractivity contribution is 5.95. The van der Waals surface area contributed by atoms with E-state index in [1.807, 2.05) is 32.0 Å². The van der Waals surface area contributed by atoms with Gasteiger partial charge < -0.3 is 10.6 Å². The summed E-state index contributed by atoms with van der Waals surface area (Å²) in [5.41, 5.74) is 4.24. The van der Waals surface area contributed by atoms with Crippen molar-refractivity contribution in [2.45, 2.75) is 20.3 Å². The fourth-order valence-corrected chi connectivity index (χ4v) is 2.10. The summed E-state index contributed by atoms with van der Waals surface area (Å²) in [5, 5.41) is 6.26. The highest BCUT2D eigenvalue weighted by atomic mass is 16.1. The monoisotopic (exact) mass is 244 g/mol. The Bertz CT molecular complexity index is 477. The van der Waals surface area contributed by atoms with Gasteiger partial charge in [0.1, 0.15) is 0 Å². The SMILES string of the molecule is Cc1ccc(C)c(C(=O)NCC2=CCNCC2)c1. The fraction of sp³-hybridized carbons (Fsp3) is 0.400. The average Bonchev–Trinajstić information content (AvgIpc) is 2.40. The molecule has 3 heteroatoms. The molecule has 0 aromatic heterocycles. The fourth-order valence-electron chi connectivity index (χ4n) is 2.10. The van der Waals surface area contributed by atoms with Crippen LogP contribution in [0.5, 0.6) is 0 Å². The van der Waals surface area contributed by atoms with Gasteiger partial charge in [0.25, 0.3) is 5.91 Å². The van der Waals surface area contributed by atoms with E-state index in [-0.39, 0.29) is 5.91 Å². The van der Waals surface area contributed by atoms with Crippen LogP contribution in [0.4, 0.5) is 0 Å². The van der Waals surface area contributed by atoms with Crippen molar-refractivity contribution in [2.75, 3.05) is 19.6 Å². The van der Waals surface area contributed by atoms with Crippen molar-refractivity contribution in [1.82, 2.24) is 10.6 Å². The van der Waals surface area contributed by atoms with E-state index < -0.39 is 0 Å². The van der Waals surface area contributed by atoms with Crippen LogP contribution in [0.25, 0.3) is 0 Å². The van der Waals surface area contributed by atoms with Crippen LogP contribution in [0, 0.1) is 13.8 Å². The molecule has 2 N–H and O–H groups in total. The predicted octanol–water partition coefficient (Wildman–Crippen LogP) is 1.95. The summed E-state index contributed by atoms with van der Waals surface area (Å²) in [6.07, 6.45) is 3.18. The maximum absolute atomic E-state index is 12.1. The molecule has 1 aliphatic heterocycles. The Hall–Kier alpha value is -1.61. The van der Waals surface area contributed by atoms with Crippen LogP contribution < -0.4 is 10.6 Å². The van der Waals surface area contributed by atoms with E-state index in [4.69, 9.17) is 0 Å². The van der Waals surface area contributed by atoms with Crippen molar-refractivity contribution in [3.05, 3.63) is 46.5 Å². The standard InChI is InChI=1S/C15H20N2O/c1-11-3-4-12(2)14(9-11)15(18)17-10-13-5-7-16-8-6-13/h3-5,9,16H,6-8,10H2,1-2H3,(H,17,18). The van der Waals surface area contributed by atoms with Crippen molar-refractivity contribution in [3.63, 3.8) is 0 Å². The largest absolute Gasteiger partial charge is 0.348 e. The minimum Gasteiger partial charge on any atom is -0.348 e. The van der Waals surface area contributed by atoms with Crippen LogP contribution in [0.3, 0.4) is 0 Å². The van der Waals surface area contributed by atoms with Crippen molar-refractivity contribution in [1.29, 1.82) is 0 Å². The first-order chi connectivity index (χ1) is 8.66. The molecule has 18 heavy (non-hydrogen) atoms. The van der Waals surface area contributed by atoms with Gasteiger partial charge >= 0.3 is 0 Å². The number of nitrogens with one attached hydrogen (secondary N) is 2. The van der Waals surface area contributed by atoms with Crippen LogP contribution in [0.2, 0.25) is 0 Å². The van der Waals surface area contributed by atoms with Gasteiger partial charge in [-0.2, -0.15) is 0 Å². The Morgan fingerprint density at radius 2 is 2.22 bits per heavy atom. The van der Waals surface area contributed by atoms with Gasteiger partial charge in [-0.15, -0.1) is 0 Å². The first-order valence-corrected chi connectivity index (χ1v) is 6.41. The molecule has 0 saturated carbocycles. The van der Waals surface area contributed by atoms with E-state index >= 15 is 0 Å². The van der Waals surface area contributed by atoms with Gasteiger partial charge in [0, 0.05) is 18.7 Å². The first kappa shape index (κ1) is 12.8.